The van der Waals surface area contributed by atoms with Crippen LogP contribution in [0.1, 0.15) is 63.0 Å². The Morgan fingerprint density at radius 3 is 2.78 bits per heavy atom. The second-order valence-electron chi connectivity index (χ2n) is 7.34. The highest BCUT2D eigenvalue weighted by Gasteiger charge is 2.36. The first-order valence-electron chi connectivity index (χ1n) is 9.78. The number of carboxylic acid groups (broad SMARTS) is 1. The molecule has 2 heterocycles. The van der Waals surface area contributed by atoms with E-state index < -0.39 is 5.97 Å². The number of aliphatic carboxylic acids is 1. The van der Waals surface area contributed by atoms with Gasteiger partial charge in [0.2, 0.25) is 0 Å². The third-order valence-corrected chi connectivity index (χ3v) is 5.36. The fourth-order valence-electron chi connectivity index (χ4n) is 3.94. The number of nitrogens with zero attached hydrogens (tertiary/aromatic N) is 1. The van der Waals surface area contributed by atoms with Crippen molar-refractivity contribution in [2.75, 3.05) is 6.61 Å². The Kier molecular flexibility index (Phi) is 8.91. The van der Waals surface area contributed by atoms with E-state index in [-0.39, 0.29) is 30.2 Å². The topological polar surface area (TPSA) is 100 Å². The van der Waals surface area contributed by atoms with Gasteiger partial charge < -0.3 is 20.1 Å². The second-order valence-corrected chi connectivity index (χ2v) is 7.34. The molecule has 1 aliphatic carbocycles. The predicted molar refractivity (Wildman–Crippen MR) is 102 cm³/mol. The molecule has 0 amide bonds. The van der Waals surface area contributed by atoms with Crippen molar-refractivity contribution in [3.63, 3.8) is 0 Å². The molecule has 3 rings (SSSR count). The molecule has 0 aromatic carbocycles. The van der Waals surface area contributed by atoms with E-state index in [1.807, 2.05) is 18.3 Å². The normalized spacial score (nSPS) is 26.6. The van der Waals surface area contributed by atoms with Crippen LogP contribution >= 0.6 is 0 Å². The molecular weight excluding hydrogens is 346 g/mol. The third-order valence-electron chi connectivity index (χ3n) is 5.36. The van der Waals surface area contributed by atoms with E-state index in [0.717, 1.165) is 12.0 Å². The first-order valence-corrected chi connectivity index (χ1v) is 9.78. The van der Waals surface area contributed by atoms with Gasteiger partial charge in [-0.15, -0.1) is 0 Å². The molecule has 2 fully saturated rings. The Balaban J connectivity index is 0.00000261. The fraction of sp³-hybridized carbons (Fsp3) is 0.619. The standard InChI is InChI=1S/C21H29NO4.H2O/c23-19(24)12-6-2-5-10-18-15-25-21(16-8-3-1-4-9-16)26-20(18)17-11-7-13-22-14-17;/h2,5,7,11,13-14,16,18,20-21H,1,3-4,6,8-10,12,15H2,(H,23,24);1H2/b5-2-;. The molecule has 0 spiro atoms. The maximum atomic E-state index is 10.6. The molecule has 1 aromatic rings. The van der Waals surface area contributed by atoms with E-state index in [1.165, 1.54) is 32.1 Å². The Morgan fingerprint density at radius 2 is 2.07 bits per heavy atom. The van der Waals surface area contributed by atoms with Crippen LogP contribution in [0.2, 0.25) is 0 Å². The van der Waals surface area contributed by atoms with Crippen molar-refractivity contribution in [2.24, 2.45) is 11.8 Å². The quantitative estimate of drug-likeness (QED) is 0.731. The van der Waals surface area contributed by atoms with Crippen molar-refractivity contribution in [1.29, 1.82) is 0 Å². The van der Waals surface area contributed by atoms with Gasteiger partial charge in [-0.3, -0.25) is 9.78 Å². The number of aromatic nitrogens is 1. The lowest BCUT2D eigenvalue weighted by Crippen LogP contribution is -2.39. The Labute approximate surface area is 160 Å². The zero-order valence-electron chi connectivity index (χ0n) is 15.8. The largest absolute Gasteiger partial charge is 0.481 e. The summed E-state index contributed by atoms with van der Waals surface area (Å²) in [5, 5.41) is 8.72. The van der Waals surface area contributed by atoms with Crippen LogP contribution in [-0.4, -0.2) is 34.4 Å². The molecule has 2 aliphatic rings. The summed E-state index contributed by atoms with van der Waals surface area (Å²) >= 11 is 0. The average molecular weight is 377 g/mol. The van der Waals surface area contributed by atoms with Gasteiger partial charge >= 0.3 is 5.97 Å². The van der Waals surface area contributed by atoms with Crippen LogP contribution in [0.3, 0.4) is 0 Å². The molecule has 0 radical (unpaired) electrons. The number of allylic oxidation sites excluding steroid dienone is 2. The first kappa shape index (κ1) is 21.5. The minimum absolute atomic E-state index is 0. The highest BCUT2D eigenvalue weighted by molar-refractivity contribution is 5.66. The van der Waals surface area contributed by atoms with Gasteiger partial charge in [-0.2, -0.15) is 0 Å². The van der Waals surface area contributed by atoms with Gasteiger partial charge in [-0.25, -0.2) is 0 Å². The lowest BCUT2D eigenvalue weighted by Gasteiger charge is -2.40. The number of hydrogen-bond acceptors (Lipinski definition) is 4. The van der Waals surface area contributed by atoms with Crippen LogP contribution in [0.5, 0.6) is 0 Å². The SMILES string of the molecule is O.O=C(O)CC/C=C\CC1COC(C2CCCCC2)OC1c1cccnc1. The van der Waals surface area contributed by atoms with Crippen LogP contribution in [0.4, 0.5) is 0 Å². The third kappa shape index (κ3) is 6.41. The number of rotatable bonds is 7. The Hall–Kier alpha value is -1.76. The maximum Gasteiger partial charge on any atom is 0.303 e. The van der Waals surface area contributed by atoms with Crippen molar-refractivity contribution in [2.45, 2.75) is 63.8 Å². The molecule has 0 bridgehead atoms. The maximum absolute atomic E-state index is 10.6. The van der Waals surface area contributed by atoms with E-state index >= 15 is 0 Å². The van der Waals surface area contributed by atoms with Crippen molar-refractivity contribution in [3.05, 3.63) is 42.2 Å². The van der Waals surface area contributed by atoms with E-state index in [2.05, 4.69) is 17.1 Å². The summed E-state index contributed by atoms with van der Waals surface area (Å²) in [5.41, 5.74) is 1.10. The number of ether oxygens (including phenoxy) is 2. The number of hydrogen-bond donors (Lipinski definition) is 1. The first-order chi connectivity index (χ1) is 12.7. The molecule has 150 valence electrons. The Bertz CT molecular complexity index is 585. The molecule has 3 N–H and O–H groups in total. The summed E-state index contributed by atoms with van der Waals surface area (Å²) in [6.07, 6.45) is 15.3. The van der Waals surface area contributed by atoms with Crippen molar-refractivity contribution >= 4 is 5.97 Å². The van der Waals surface area contributed by atoms with Crippen LogP contribution in [0.25, 0.3) is 0 Å². The second kappa shape index (κ2) is 11.2. The summed E-state index contributed by atoms with van der Waals surface area (Å²) in [6.45, 7) is 0.671. The van der Waals surface area contributed by atoms with E-state index in [9.17, 15) is 4.79 Å². The van der Waals surface area contributed by atoms with Gasteiger partial charge in [-0.05, 0) is 37.3 Å². The minimum atomic E-state index is -0.762. The van der Waals surface area contributed by atoms with Crippen LogP contribution in [0, 0.1) is 11.8 Å². The summed E-state index contributed by atoms with van der Waals surface area (Å²) in [5.74, 6) is -0.0438. The lowest BCUT2D eigenvalue weighted by atomic mass is 9.87. The van der Waals surface area contributed by atoms with Crippen molar-refractivity contribution < 1.29 is 24.9 Å². The lowest BCUT2D eigenvalue weighted by molar-refractivity contribution is -0.262. The zero-order valence-corrected chi connectivity index (χ0v) is 15.8. The van der Waals surface area contributed by atoms with Crippen LogP contribution in [0.15, 0.2) is 36.7 Å². The number of pyridine rings is 1. The van der Waals surface area contributed by atoms with Gasteiger partial charge in [-0.1, -0.05) is 37.5 Å². The number of carboxylic acids is 1. The van der Waals surface area contributed by atoms with Crippen LogP contribution < -0.4 is 0 Å². The summed E-state index contributed by atoms with van der Waals surface area (Å²) in [6, 6.07) is 4.02. The molecule has 1 saturated carbocycles. The van der Waals surface area contributed by atoms with Crippen molar-refractivity contribution in [3.8, 4) is 0 Å². The Morgan fingerprint density at radius 1 is 1.26 bits per heavy atom. The van der Waals surface area contributed by atoms with Gasteiger partial charge in [0, 0.05) is 30.7 Å². The monoisotopic (exact) mass is 377 g/mol. The zero-order chi connectivity index (χ0) is 18.2. The number of carbonyl (C=O) groups is 1. The molecule has 3 unspecified atom stereocenters. The fourth-order valence-corrected chi connectivity index (χ4v) is 3.94. The molecule has 6 nitrogen and oxygen atoms in total. The van der Waals surface area contributed by atoms with Crippen LogP contribution in [-0.2, 0) is 14.3 Å². The van der Waals surface area contributed by atoms with E-state index in [4.69, 9.17) is 14.6 Å². The molecule has 1 aromatic heterocycles. The summed E-state index contributed by atoms with van der Waals surface area (Å²) < 4.78 is 12.5. The van der Waals surface area contributed by atoms with Gasteiger partial charge in [0.05, 0.1) is 12.7 Å². The smallest absolute Gasteiger partial charge is 0.303 e. The average Bonchev–Trinajstić information content (AvgIpc) is 2.69. The summed E-state index contributed by atoms with van der Waals surface area (Å²) in [7, 11) is 0. The van der Waals surface area contributed by atoms with E-state index in [0.29, 0.717) is 18.9 Å². The van der Waals surface area contributed by atoms with Gasteiger partial charge in [0.15, 0.2) is 6.29 Å². The highest BCUT2D eigenvalue weighted by atomic mass is 16.7. The minimum Gasteiger partial charge on any atom is -0.481 e. The predicted octanol–water partition coefficient (Wildman–Crippen LogP) is 3.68. The molecular formula is C21H31NO5. The highest BCUT2D eigenvalue weighted by Crippen LogP contribution is 2.39. The van der Waals surface area contributed by atoms with Crippen molar-refractivity contribution in [1.82, 2.24) is 4.98 Å². The van der Waals surface area contributed by atoms with Gasteiger partial charge in [0.25, 0.3) is 0 Å². The van der Waals surface area contributed by atoms with Gasteiger partial charge in [0.1, 0.15) is 0 Å². The molecule has 27 heavy (non-hydrogen) atoms. The van der Waals surface area contributed by atoms with E-state index in [1.54, 1.807) is 6.20 Å². The molecule has 1 aliphatic heterocycles. The molecule has 6 heteroatoms. The summed E-state index contributed by atoms with van der Waals surface area (Å²) in [4.78, 5) is 14.9. The molecule has 3 atom stereocenters. The molecule has 1 saturated heterocycles.